The van der Waals surface area contributed by atoms with Crippen LogP contribution in [0.3, 0.4) is 0 Å². The van der Waals surface area contributed by atoms with E-state index in [1.807, 2.05) is 0 Å². The van der Waals surface area contributed by atoms with Gasteiger partial charge in [-0.3, -0.25) is 0 Å². The Labute approximate surface area is 73.1 Å². The fraction of sp³-hybridized carbons (Fsp3) is 1.00. The largest absolute Gasteiger partial charge is 1.00 e. The third kappa shape index (κ3) is 11.9. The van der Waals surface area contributed by atoms with Crippen LogP contribution in [-0.2, 0) is 0 Å². The quantitative estimate of drug-likeness (QED) is 0.436. The minimum atomic E-state index is 0. The molecular weight excluding hydrogens is 103 g/mol. The van der Waals surface area contributed by atoms with E-state index in [1.165, 1.54) is 6.42 Å². The van der Waals surface area contributed by atoms with Crippen LogP contribution in [0, 0.1) is 11.3 Å². The second kappa shape index (κ2) is 4.42. The zero-order valence-electron chi connectivity index (χ0n) is 8.78. The first kappa shape index (κ1) is 12.3. The van der Waals surface area contributed by atoms with E-state index in [9.17, 15) is 0 Å². The topological polar surface area (TPSA) is 0 Å². The Bertz CT molecular complexity index is 64.1. The van der Waals surface area contributed by atoms with Crippen LogP contribution in [0.25, 0.3) is 0 Å². The fourth-order valence-electron chi connectivity index (χ4n) is 1.22. The molecule has 0 aromatic heterocycles. The van der Waals surface area contributed by atoms with Gasteiger partial charge in [-0.1, -0.05) is 34.6 Å². The second-order valence-corrected chi connectivity index (χ2v) is 4.16. The van der Waals surface area contributed by atoms with E-state index < -0.39 is 0 Å². The molecule has 0 spiro atoms. The molecule has 0 rings (SSSR count). The van der Waals surface area contributed by atoms with Crippen LogP contribution < -0.4 is 18.9 Å². The van der Waals surface area contributed by atoms with Crippen molar-refractivity contribution in [3.8, 4) is 0 Å². The number of hydrogen-bond acceptors (Lipinski definition) is 0. The zero-order chi connectivity index (χ0) is 6.78. The average Bonchev–Trinajstić information content (AvgIpc) is 1.21. The molecule has 1 heteroatoms. The first-order chi connectivity index (χ1) is 3.42. The van der Waals surface area contributed by atoms with E-state index in [2.05, 4.69) is 34.6 Å². The Hall–Kier alpha value is 0.597. The molecule has 0 aliphatic heterocycles. The van der Waals surface area contributed by atoms with Gasteiger partial charge in [0.05, 0.1) is 0 Å². The van der Waals surface area contributed by atoms with Gasteiger partial charge in [0.1, 0.15) is 0 Å². The van der Waals surface area contributed by atoms with Gasteiger partial charge in [-0.15, -0.1) is 0 Å². The van der Waals surface area contributed by atoms with E-state index in [0.29, 0.717) is 5.41 Å². The van der Waals surface area contributed by atoms with Crippen molar-refractivity contribution in [2.45, 2.75) is 41.0 Å². The fourth-order valence-corrected chi connectivity index (χ4v) is 1.22. The Morgan fingerprint density at radius 3 is 1.56 bits per heavy atom. The first-order valence-electron chi connectivity index (χ1n) is 3.42. The molecule has 0 saturated carbocycles. The van der Waals surface area contributed by atoms with Crippen molar-refractivity contribution in [3.05, 3.63) is 0 Å². The molecule has 0 aromatic carbocycles. The van der Waals surface area contributed by atoms with Crippen molar-refractivity contribution >= 4 is 0 Å². The van der Waals surface area contributed by atoms with Gasteiger partial charge in [0.25, 0.3) is 0 Å². The molecule has 0 saturated heterocycles. The number of hydrogen-bond donors (Lipinski definition) is 0. The van der Waals surface area contributed by atoms with Crippen molar-refractivity contribution < 1.29 is 20.3 Å². The van der Waals surface area contributed by atoms with Gasteiger partial charge in [0, 0.05) is 0 Å². The van der Waals surface area contributed by atoms with E-state index in [0.717, 1.165) is 5.92 Å². The van der Waals surface area contributed by atoms with Gasteiger partial charge in [0.15, 0.2) is 0 Å². The van der Waals surface area contributed by atoms with Crippen LogP contribution in [0.4, 0.5) is 0 Å². The maximum absolute atomic E-state index is 2.28. The predicted octanol–water partition coefficient (Wildman–Crippen LogP) is 0.195. The van der Waals surface area contributed by atoms with Gasteiger partial charge in [0.2, 0.25) is 0 Å². The van der Waals surface area contributed by atoms with Crippen LogP contribution in [0.15, 0.2) is 0 Å². The molecule has 0 amide bonds. The Kier molecular flexibility index (Phi) is 6.03. The molecule has 0 nitrogen and oxygen atoms in total. The monoisotopic (exact) mass is 122 g/mol. The standard InChI is InChI=1S/C8H18.Li.H/c1-7(2)6-8(3,4)5;;/h7H,6H2,1-5H3;;/q;+1;-1. The van der Waals surface area contributed by atoms with Crippen molar-refractivity contribution in [3.63, 3.8) is 0 Å². The molecule has 0 fully saturated rings. The molecule has 0 atom stereocenters. The van der Waals surface area contributed by atoms with Crippen LogP contribution in [-0.4, -0.2) is 0 Å². The molecule has 0 bridgehead atoms. The minimum Gasteiger partial charge on any atom is -1.00 e. The van der Waals surface area contributed by atoms with Gasteiger partial charge in [-0.05, 0) is 17.8 Å². The first-order valence-corrected chi connectivity index (χ1v) is 3.42. The van der Waals surface area contributed by atoms with Crippen LogP contribution in [0.1, 0.15) is 42.5 Å². The Morgan fingerprint density at radius 2 is 1.56 bits per heavy atom. The molecule has 0 aromatic rings. The van der Waals surface area contributed by atoms with Crippen LogP contribution in [0.5, 0.6) is 0 Å². The summed E-state index contributed by atoms with van der Waals surface area (Å²) in [7, 11) is 0. The molecule has 0 aliphatic rings. The normalized spacial score (nSPS) is 11.3. The maximum atomic E-state index is 2.28. The summed E-state index contributed by atoms with van der Waals surface area (Å²) in [4.78, 5) is 0. The molecule has 9 heavy (non-hydrogen) atoms. The summed E-state index contributed by atoms with van der Waals surface area (Å²) in [6, 6.07) is 0. The van der Waals surface area contributed by atoms with Crippen molar-refractivity contribution in [1.29, 1.82) is 0 Å². The SMILES string of the molecule is CC(C)CC(C)(C)C.[H-].[Li+]. The maximum Gasteiger partial charge on any atom is 1.00 e. The summed E-state index contributed by atoms with van der Waals surface area (Å²) >= 11 is 0. The van der Waals surface area contributed by atoms with Gasteiger partial charge in [-0.25, -0.2) is 0 Å². The Morgan fingerprint density at radius 1 is 1.22 bits per heavy atom. The summed E-state index contributed by atoms with van der Waals surface area (Å²) in [5.41, 5.74) is 0.522. The van der Waals surface area contributed by atoms with E-state index in [1.54, 1.807) is 0 Å². The van der Waals surface area contributed by atoms with E-state index in [-0.39, 0.29) is 20.3 Å². The van der Waals surface area contributed by atoms with Crippen molar-refractivity contribution in [1.82, 2.24) is 0 Å². The summed E-state index contributed by atoms with van der Waals surface area (Å²) in [6.45, 7) is 11.4. The zero-order valence-corrected chi connectivity index (χ0v) is 7.78. The van der Waals surface area contributed by atoms with Gasteiger partial charge >= 0.3 is 18.9 Å². The summed E-state index contributed by atoms with van der Waals surface area (Å²) in [5, 5.41) is 0. The molecular formula is C8H19Li. The number of rotatable bonds is 1. The van der Waals surface area contributed by atoms with Gasteiger partial charge in [-0.2, -0.15) is 0 Å². The van der Waals surface area contributed by atoms with Crippen LogP contribution in [0.2, 0.25) is 0 Å². The van der Waals surface area contributed by atoms with E-state index >= 15 is 0 Å². The molecule has 0 aliphatic carbocycles. The minimum absolute atomic E-state index is 0. The summed E-state index contributed by atoms with van der Waals surface area (Å²) < 4.78 is 0. The molecule has 52 valence electrons. The third-order valence-electron chi connectivity index (χ3n) is 1.02. The average molecular weight is 122 g/mol. The summed E-state index contributed by atoms with van der Waals surface area (Å²) in [6.07, 6.45) is 1.33. The third-order valence-corrected chi connectivity index (χ3v) is 1.02. The van der Waals surface area contributed by atoms with Crippen molar-refractivity contribution in [2.24, 2.45) is 11.3 Å². The summed E-state index contributed by atoms with van der Waals surface area (Å²) in [5.74, 6) is 0.843. The molecule has 0 heterocycles. The second-order valence-electron chi connectivity index (χ2n) is 4.16. The predicted molar refractivity (Wildman–Crippen MR) is 40.0 cm³/mol. The Balaban J connectivity index is -0.000000245. The van der Waals surface area contributed by atoms with Crippen molar-refractivity contribution in [2.75, 3.05) is 0 Å². The molecule has 0 radical (unpaired) electrons. The molecule has 0 unspecified atom stereocenters. The molecule has 0 N–H and O–H groups in total. The van der Waals surface area contributed by atoms with E-state index in [4.69, 9.17) is 0 Å². The van der Waals surface area contributed by atoms with Gasteiger partial charge < -0.3 is 1.43 Å². The smallest absolute Gasteiger partial charge is 1.00 e. The van der Waals surface area contributed by atoms with Crippen LogP contribution >= 0.6 is 0 Å².